The van der Waals surface area contributed by atoms with Gasteiger partial charge in [-0.15, -0.1) is 0 Å². The molecule has 1 aliphatic rings. The molecule has 3 heteroatoms. The van der Waals surface area contributed by atoms with Crippen LogP contribution in [0.25, 0.3) is 0 Å². The predicted octanol–water partition coefficient (Wildman–Crippen LogP) is 4.58. The highest BCUT2D eigenvalue weighted by Crippen LogP contribution is 2.32. The zero-order valence-corrected chi connectivity index (χ0v) is 13.3. The molecule has 1 aromatic rings. The summed E-state index contributed by atoms with van der Waals surface area (Å²) in [5, 5.41) is 0.774. The smallest absolute Gasteiger partial charge is 0.124 e. The molecule has 2 rings (SSSR count). The van der Waals surface area contributed by atoms with Gasteiger partial charge in [-0.25, -0.2) is 0 Å². The Morgan fingerprint density at radius 3 is 2.65 bits per heavy atom. The van der Waals surface area contributed by atoms with Crippen molar-refractivity contribution in [2.45, 2.75) is 64.5 Å². The maximum atomic E-state index is 6.34. The fraction of sp³-hybridized carbons (Fsp3) is 0.647. The van der Waals surface area contributed by atoms with Crippen LogP contribution in [0.2, 0.25) is 5.02 Å². The molecule has 0 amide bonds. The first-order valence-corrected chi connectivity index (χ1v) is 8.17. The summed E-state index contributed by atoms with van der Waals surface area (Å²) in [6.45, 7) is 4.42. The van der Waals surface area contributed by atoms with Crippen molar-refractivity contribution >= 4 is 11.6 Å². The Balaban J connectivity index is 2.08. The van der Waals surface area contributed by atoms with Gasteiger partial charge in [-0.1, -0.05) is 31.5 Å². The van der Waals surface area contributed by atoms with Gasteiger partial charge in [0, 0.05) is 16.6 Å². The van der Waals surface area contributed by atoms with Crippen LogP contribution in [0.4, 0.5) is 0 Å². The highest BCUT2D eigenvalue weighted by molar-refractivity contribution is 6.31. The fourth-order valence-corrected chi connectivity index (χ4v) is 3.02. The topological polar surface area (TPSA) is 35.2 Å². The Morgan fingerprint density at radius 1 is 1.30 bits per heavy atom. The Morgan fingerprint density at radius 2 is 2.00 bits per heavy atom. The Hall–Kier alpha value is -0.730. The number of ether oxygens (including phenoxy) is 1. The van der Waals surface area contributed by atoms with Crippen LogP contribution in [-0.4, -0.2) is 12.1 Å². The Kier molecular flexibility index (Phi) is 5.74. The molecule has 0 spiro atoms. The maximum Gasteiger partial charge on any atom is 0.124 e. The molecule has 1 fully saturated rings. The summed E-state index contributed by atoms with van der Waals surface area (Å²) < 4.78 is 6.22. The van der Waals surface area contributed by atoms with Crippen LogP contribution in [0.3, 0.4) is 0 Å². The molecule has 1 unspecified atom stereocenters. The van der Waals surface area contributed by atoms with E-state index < -0.39 is 0 Å². The number of hydrogen-bond acceptors (Lipinski definition) is 2. The summed E-state index contributed by atoms with van der Waals surface area (Å²) in [4.78, 5) is 0. The molecule has 0 radical (unpaired) electrons. The minimum absolute atomic E-state index is 0.142. The van der Waals surface area contributed by atoms with Gasteiger partial charge >= 0.3 is 0 Å². The first-order valence-electron chi connectivity index (χ1n) is 7.79. The van der Waals surface area contributed by atoms with Crippen LogP contribution in [0.5, 0.6) is 5.75 Å². The molecule has 0 bridgehead atoms. The number of halogens is 1. The van der Waals surface area contributed by atoms with Crippen molar-refractivity contribution in [3.8, 4) is 5.75 Å². The van der Waals surface area contributed by atoms with Crippen LogP contribution in [0.15, 0.2) is 18.2 Å². The van der Waals surface area contributed by atoms with Crippen molar-refractivity contribution in [2.75, 3.05) is 0 Å². The molecule has 1 saturated carbocycles. The standard InChI is InChI=1S/C17H26ClNO/c1-3-13(19)11-15-16(18)5-4-6-17(15)20-14-9-7-12(2)8-10-14/h4-6,12-14H,3,7-11,19H2,1-2H3. The molecule has 2 nitrogen and oxygen atoms in total. The summed E-state index contributed by atoms with van der Waals surface area (Å²) in [6.07, 6.45) is 6.88. The molecule has 2 N–H and O–H groups in total. The van der Waals surface area contributed by atoms with Crippen molar-refractivity contribution < 1.29 is 4.74 Å². The van der Waals surface area contributed by atoms with E-state index in [9.17, 15) is 0 Å². The number of rotatable bonds is 5. The first kappa shape index (κ1) is 15.7. The van der Waals surface area contributed by atoms with Gasteiger partial charge in [-0.2, -0.15) is 0 Å². The molecule has 1 aliphatic carbocycles. The number of benzene rings is 1. The summed E-state index contributed by atoms with van der Waals surface area (Å²) in [5.74, 6) is 1.77. The third-order valence-electron chi connectivity index (χ3n) is 4.32. The molecule has 1 aromatic carbocycles. The first-order chi connectivity index (χ1) is 9.60. The van der Waals surface area contributed by atoms with Gasteiger partial charge in [0.1, 0.15) is 5.75 Å². The van der Waals surface area contributed by atoms with E-state index in [1.54, 1.807) is 0 Å². The summed E-state index contributed by atoms with van der Waals surface area (Å²) in [5.41, 5.74) is 7.15. The van der Waals surface area contributed by atoms with E-state index in [0.29, 0.717) is 6.10 Å². The quantitative estimate of drug-likeness (QED) is 0.863. The molecule has 0 saturated heterocycles. The molecule has 20 heavy (non-hydrogen) atoms. The second-order valence-electron chi connectivity index (χ2n) is 6.09. The van der Waals surface area contributed by atoms with Crippen LogP contribution >= 0.6 is 11.6 Å². The molecule has 0 heterocycles. The molecule has 0 aromatic heterocycles. The van der Waals surface area contributed by atoms with Crippen LogP contribution < -0.4 is 10.5 Å². The van der Waals surface area contributed by atoms with Crippen molar-refractivity contribution in [1.82, 2.24) is 0 Å². The zero-order chi connectivity index (χ0) is 14.5. The van der Waals surface area contributed by atoms with Crippen molar-refractivity contribution in [1.29, 1.82) is 0 Å². The highest BCUT2D eigenvalue weighted by atomic mass is 35.5. The van der Waals surface area contributed by atoms with Gasteiger partial charge < -0.3 is 10.5 Å². The Labute approximate surface area is 127 Å². The average molecular weight is 296 g/mol. The predicted molar refractivity (Wildman–Crippen MR) is 85.5 cm³/mol. The van der Waals surface area contributed by atoms with E-state index >= 15 is 0 Å². The lowest BCUT2D eigenvalue weighted by atomic mass is 9.89. The van der Waals surface area contributed by atoms with Crippen molar-refractivity contribution in [2.24, 2.45) is 11.7 Å². The lowest BCUT2D eigenvalue weighted by Crippen LogP contribution is -2.25. The summed E-state index contributed by atoms with van der Waals surface area (Å²) >= 11 is 6.34. The van der Waals surface area contributed by atoms with Gasteiger partial charge in [-0.05, 0) is 56.6 Å². The van der Waals surface area contributed by atoms with Gasteiger partial charge in [-0.3, -0.25) is 0 Å². The van der Waals surface area contributed by atoms with E-state index in [4.69, 9.17) is 22.1 Å². The molecule has 1 atom stereocenters. The van der Waals surface area contributed by atoms with E-state index in [-0.39, 0.29) is 6.04 Å². The fourth-order valence-electron chi connectivity index (χ4n) is 2.78. The Bertz CT molecular complexity index is 427. The molecule has 0 aliphatic heterocycles. The van der Waals surface area contributed by atoms with Crippen molar-refractivity contribution in [3.05, 3.63) is 28.8 Å². The van der Waals surface area contributed by atoms with Crippen LogP contribution in [0.1, 0.15) is 51.5 Å². The van der Waals surface area contributed by atoms with Gasteiger partial charge in [0.2, 0.25) is 0 Å². The molecular formula is C17H26ClNO. The lowest BCUT2D eigenvalue weighted by Gasteiger charge is -2.28. The van der Waals surface area contributed by atoms with Gasteiger partial charge in [0.15, 0.2) is 0 Å². The largest absolute Gasteiger partial charge is 0.490 e. The molecule has 112 valence electrons. The van der Waals surface area contributed by atoms with E-state index in [1.807, 2.05) is 18.2 Å². The third kappa shape index (κ3) is 4.13. The third-order valence-corrected chi connectivity index (χ3v) is 4.68. The van der Waals surface area contributed by atoms with Crippen LogP contribution in [0, 0.1) is 5.92 Å². The maximum absolute atomic E-state index is 6.34. The number of nitrogens with two attached hydrogens (primary N) is 1. The second kappa shape index (κ2) is 7.33. The van der Waals surface area contributed by atoms with E-state index in [1.165, 1.54) is 12.8 Å². The van der Waals surface area contributed by atoms with E-state index in [0.717, 1.165) is 47.9 Å². The molecular weight excluding hydrogens is 270 g/mol. The average Bonchev–Trinajstić information content (AvgIpc) is 2.45. The van der Waals surface area contributed by atoms with E-state index in [2.05, 4.69) is 13.8 Å². The second-order valence-corrected chi connectivity index (χ2v) is 6.50. The minimum Gasteiger partial charge on any atom is -0.490 e. The summed E-state index contributed by atoms with van der Waals surface area (Å²) in [7, 11) is 0. The zero-order valence-electron chi connectivity index (χ0n) is 12.6. The SMILES string of the molecule is CCC(N)Cc1c(Cl)cccc1OC1CCC(C)CC1. The summed E-state index contributed by atoms with van der Waals surface area (Å²) in [6, 6.07) is 6.06. The normalized spacial score (nSPS) is 24.4. The van der Waals surface area contributed by atoms with Crippen LogP contribution in [-0.2, 0) is 6.42 Å². The van der Waals surface area contributed by atoms with Gasteiger partial charge in [0.25, 0.3) is 0 Å². The van der Waals surface area contributed by atoms with Gasteiger partial charge in [0.05, 0.1) is 6.10 Å². The lowest BCUT2D eigenvalue weighted by molar-refractivity contribution is 0.134. The minimum atomic E-state index is 0.142. The number of hydrogen-bond donors (Lipinski definition) is 1. The monoisotopic (exact) mass is 295 g/mol. The van der Waals surface area contributed by atoms with Crippen molar-refractivity contribution in [3.63, 3.8) is 0 Å². The highest BCUT2D eigenvalue weighted by Gasteiger charge is 2.21.